The summed E-state index contributed by atoms with van der Waals surface area (Å²) in [6, 6.07) is 22.1. The Balaban J connectivity index is 0.000000219. The van der Waals surface area contributed by atoms with Crippen LogP contribution in [0.5, 0.6) is 0 Å². The first kappa shape index (κ1) is 16.7. The maximum absolute atomic E-state index is 8.27. The molecule has 0 aliphatic carbocycles. The van der Waals surface area contributed by atoms with Crippen molar-refractivity contribution < 1.29 is 0 Å². The fourth-order valence-electron chi connectivity index (χ4n) is 1.65. The molecule has 2 nitrogen and oxygen atoms in total. The number of nitriles is 1. The van der Waals surface area contributed by atoms with Crippen molar-refractivity contribution in [3.63, 3.8) is 0 Å². The van der Waals surface area contributed by atoms with Gasteiger partial charge in [0.1, 0.15) is 0 Å². The lowest BCUT2D eigenvalue weighted by Crippen LogP contribution is -2.10. The van der Waals surface area contributed by atoms with Crippen LogP contribution in [0.25, 0.3) is 6.08 Å². The van der Waals surface area contributed by atoms with Gasteiger partial charge in [-0.15, -0.1) is 0 Å². The number of likely N-dealkylation sites (N-methyl/N-ethyl adjacent to an activating group) is 1. The van der Waals surface area contributed by atoms with E-state index in [4.69, 9.17) is 5.26 Å². The Morgan fingerprint density at radius 1 is 0.952 bits per heavy atom. The number of hydrogen-bond donors (Lipinski definition) is 0. The van der Waals surface area contributed by atoms with E-state index in [1.807, 2.05) is 36.4 Å². The fraction of sp³-hybridized carbons (Fsp3) is 0.211. The van der Waals surface area contributed by atoms with Crippen LogP contribution in [-0.4, -0.2) is 25.5 Å². The van der Waals surface area contributed by atoms with Gasteiger partial charge in [0.25, 0.3) is 0 Å². The monoisotopic (exact) mass is 278 g/mol. The van der Waals surface area contributed by atoms with Crippen molar-refractivity contribution in [2.75, 3.05) is 20.6 Å². The van der Waals surface area contributed by atoms with Gasteiger partial charge in [0, 0.05) is 6.54 Å². The Kier molecular flexibility index (Phi) is 8.28. The summed E-state index contributed by atoms with van der Waals surface area (Å²) in [6.07, 6.45) is 4.82. The van der Waals surface area contributed by atoms with Crippen LogP contribution in [0.4, 0.5) is 0 Å². The number of rotatable bonds is 4. The van der Waals surface area contributed by atoms with E-state index >= 15 is 0 Å². The first-order chi connectivity index (χ1) is 10.2. The van der Waals surface area contributed by atoms with Gasteiger partial charge in [-0.1, -0.05) is 72.8 Å². The Morgan fingerprint density at radius 2 is 1.52 bits per heavy atom. The van der Waals surface area contributed by atoms with Crippen molar-refractivity contribution in [3.8, 4) is 6.07 Å². The van der Waals surface area contributed by atoms with Gasteiger partial charge in [-0.05, 0) is 25.2 Å². The first-order valence-electron chi connectivity index (χ1n) is 6.99. The molecule has 0 N–H and O–H groups in total. The molecule has 0 bridgehead atoms. The minimum absolute atomic E-state index is 0.515. The third-order valence-electron chi connectivity index (χ3n) is 2.71. The molecule has 0 aromatic heterocycles. The maximum atomic E-state index is 8.27. The summed E-state index contributed by atoms with van der Waals surface area (Å²) in [5, 5.41) is 8.27. The van der Waals surface area contributed by atoms with Gasteiger partial charge in [0.2, 0.25) is 0 Å². The molecule has 0 amide bonds. The summed E-state index contributed by atoms with van der Waals surface area (Å²) in [5.74, 6) is 0. The summed E-state index contributed by atoms with van der Waals surface area (Å²) in [7, 11) is 4.13. The van der Waals surface area contributed by atoms with Crippen LogP contribution in [0, 0.1) is 11.3 Å². The zero-order chi connectivity index (χ0) is 15.3. The lowest BCUT2D eigenvalue weighted by atomic mass is 10.2. The molecule has 0 heterocycles. The van der Waals surface area contributed by atoms with Crippen molar-refractivity contribution in [2.45, 2.75) is 6.42 Å². The van der Waals surface area contributed by atoms with Crippen LogP contribution in [-0.2, 0) is 6.42 Å². The lowest BCUT2D eigenvalue weighted by Gasteiger charge is -2.03. The maximum Gasteiger partial charge on any atom is 0.0669 e. The minimum Gasteiger partial charge on any atom is -0.306 e. The highest BCUT2D eigenvalue weighted by molar-refractivity contribution is 5.48. The molecule has 0 atom stereocenters. The Morgan fingerprint density at radius 3 is 2.05 bits per heavy atom. The summed E-state index contributed by atoms with van der Waals surface area (Å²) >= 11 is 0. The van der Waals surface area contributed by atoms with E-state index in [0.29, 0.717) is 6.42 Å². The molecule has 0 aliphatic rings. The first-order valence-corrected chi connectivity index (χ1v) is 6.99. The zero-order valence-electron chi connectivity index (χ0n) is 12.7. The normalized spacial score (nSPS) is 10.0. The van der Waals surface area contributed by atoms with Crippen LogP contribution in [0.1, 0.15) is 11.1 Å². The highest BCUT2D eigenvalue weighted by Crippen LogP contribution is 2.00. The van der Waals surface area contributed by atoms with E-state index in [0.717, 1.165) is 12.1 Å². The molecule has 0 unspecified atom stereocenters. The molecule has 0 radical (unpaired) electrons. The predicted octanol–water partition coefficient (Wildman–Crippen LogP) is 4.01. The average Bonchev–Trinajstić information content (AvgIpc) is 2.50. The fourth-order valence-corrected chi connectivity index (χ4v) is 1.65. The van der Waals surface area contributed by atoms with Crippen molar-refractivity contribution in [3.05, 3.63) is 77.9 Å². The standard InChI is InChI=1S/C11H15N.C8H7N/c1-12(2)10-6-9-11-7-4-3-5-8-11;9-7-6-8-4-2-1-3-5-8/h3-9H,10H2,1-2H3;1-5H,6H2. The Hall–Kier alpha value is -2.37. The van der Waals surface area contributed by atoms with Gasteiger partial charge in [-0.2, -0.15) is 5.26 Å². The molecular weight excluding hydrogens is 256 g/mol. The third-order valence-corrected chi connectivity index (χ3v) is 2.71. The van der Waals surface area contributed by atoms with Crippen LogP contribution in [0.3, 0.4) is 0 Å². The topological polar surface area (TPSA) is 27.0 Å². The second kappa shape index (κ2) is 10.4. The van der Waals surface area contributed by atoms with Crippen LogP contribution < -0.4 is 0 Å². The highest BCUT2D eigenvalue weighted by Gasteiger charge is 1.85. The molecule has 2 heteroatoms. The molecule has 2 aromatic carbocycles. The van der Waals surface area contributed by atoms with Gasteiger partial charge in [-0.3, -0.25) is 0 Å². The molecular formula is C19H22N2. The quantitative estimate of drug-likeness (QED) is 0.844. The molecule has 0 fully saturated rings. The van der Waals surface area contributed by atoms with Crippen molar-refractivity contribution in [1.82, 2.24) is 4.90 Å². The lowest BCUT2D eigenvalue weighted by molar-refractivity contribution is 0.457. The summed E-state index contributed by atoms with van der Waals surface area (Å²) in [4.78, 5) is 2.14. The third kappa shape index (κ3) is 8.41. The van der Waals surface area contributed by atoms with Crippen LogP contribution >= 0.6 is 0 Å². The SMILES string of the molecule is CN(C)CC=Cc1ccccc1.N#CCc1ccccc1. The summed E-state index contributed by atoms with van der Waals surface area (Å²) < 4.78 is 0. The van der Waals surface area contributed by atoms with Crippen molar-refractivity contribution in [1.29, 1.82) is 5.26 Å². The van der Waals surface area contributed by atoms with Gasteiger partial charge < -0.3 is 4.90 Å². The molecule has 0 spiro atoms. The van der Waals surface area contributed by atoms with E-state index in [1.54, 1.807) is 0 Å². The van der Waals surface area contributed by atoms with Crippen LogP contribution in [0.2, 0.25) is 0 Å². The molecule has 0 aliphatic heterocycles. The van der Waals surface area contributed by atoms with Gasteiger partial charge in [0.05, 0.1) is 12.5 Å². The average molecular weight is 278 g/mol. The van der Waals surface area contributed by atoms with Crippen molar-refractivity contribution in [2.24, 2.45) is 0 Å². The minimum atomic E-state index is 0.515. The highest BCUT2D eigenvalue weighted by atomic mass is 15.0. The largest absolute Gasteiger partial charge is 0.306 e. The molecule has 0 saturated carbocycles. The van der Waals surface area contributed by atoms with E-state index in [-0.39, 0.29) is 0 Å². The molecule has 0 saturated heterocycles. The Bertz CT molecular complexity index is 551. The summed E-state index contributed by atoms with van der Waals surface area (Å²) in [6.45, 7) is 0.995. The summed E-state index contributed by atoms with van der Waals surface area (Å²) in [5.41, 5.74) is 2.35. The van der Waals surface area contributed by atoms with Gasteiger partial charge in [-0.25, -0.2) is 0 Å². The Labute approximate surface area is 128 Å². The van der Waals surface area contributed by atoms with Crippen LogP contribution in [0.15, 0.2) is 66.7 Å². The number of benzene rings is 2. The van der Waals surface area contributed by atoms with E-state index in [2.05, 4.69) is 61.5 Å². The second-order valence-corrected chi connectivity index (χ2v) is 4.90. The van der Waals surface area contributed by atoms with Crippen molar-refractivity contribution >= 4 is 6.08 Å². The zero-order valence-corrected chi connectivity index (χ0v) is 12.7. The molecule has 2 aromatic rings. The predicted molar refractivity (Wildman–Crippen MR) is 89.8 cm³/mol. The van der Waals surface area contributed by atoms with E-state index < -0.39 is 0 Å². The smallest absolute Gasteiger partial charge is 0.0669 e. The van der Waals surface area contributed by atoms with E-state index in [1.165, 1.54) is 5.56 Å². The molecule has 21 heavy (non-hydrogen) atoms. The van der Waals surface area contributed by atoms with Gasteiger partial charge in [0.15, 0.2) is 0 Å². The second-order valence-electron chi connectivity index (χ2n) is 4.90. The number of hydrogen-bond acceptors (Lipinski definition) is 2. The molecule has 2 rings (SSSR count). The number of nitrogens with zero attached hydrogens (tertiary/aromatic N) is 2. The molecule has 108 valence electrons. The van der Waals surface area contributed by atoms with E-state index in [9.17, 15) is 0 Å². The van der Waals surface area contributed by atoms with Gasteiger partial charge >= 0.3 is 0 Å².